The van der Waals surface area contributed by atoms with Crippen molar-refractivity contribution in [2.45, 2.75) is 25.9 Å². The van der Waals surface area contributed by atoms with Crippen LogP contribution in [-0.4, -0.2) is 30.9 Å². The third-order valence-corrected chi connectivity index (χ3v) is 4.99. The molecular formula is C23H19F3N6O2. The maximum atomic E-state index is 13.1. The van der Waals surface area contributed by atoms with Gasteiger partial charge in [0.15, 0.2) is 5.82 Å². The molecular weight excluding hydrogens is 449 g/mol. The van der Waals surface area contributed by atoms with Crippen molar-refractivity contribution in [2.24, 2.45) is 0 Å². The minimum atomic E-state index is -4.50. The van der Waals surface area contributed by atoms with Gasteiger partial charge in [-0.1, -0.05) is 26.0 Å². The fourth-order valence-electron chi connectivity index (χ4n) is 3.41. The summed E-state index contributed by atoms with van der Waals surface area (Å²) in [5, 5.41) is 13.4. The lowest BCUT2D eigenvalue weighted by Crippen LogP contribution is -2.16. The van der Waals surface area contributed by atoms with Gasteiger partial charge >= 0.3 is 6.18 Å². The number of hydrogen-bond acceptors (Lipinski definition) is 5. The number of aromatic nitrogens is 5. The molecule has 2 N–H and O–H groups in total. The van der Waals surface area contributed by atoms with Crippen molar-refractivity contribution in [3.63, 3.8) is 0 Å². The van der Waals surface area contributed by atoms with E-state index in [1.54, 1.807) is 30.3 Å². The number of carbonyl (C=O) groups excluding carboxylic acids is 1. The van der Waals surface area contributed by atoms with Crippen molar-refractivity contribution >= 4 is 11.6 Å². The van der Waals surface area contributed by atoms with Gasteiger partial charge in [-0.15, -0.1) is 0 Å². The summed E-state index contributed by atoms with van der Waals surface area (Å²) in [6, 6.07) is 12.0. The Morgan fingerprint density at radius 1 is 1.09 bits per heavy atom. The van der Waals surface area contributed by atoms with Crippen molar-refractivity contribution in [1.29, 1.82) is 0 Å². The van der Waals surface area contributed by atoms with Gasteiger partial charge in [0.1, 0.15) is 0 Å². The minimum absolute atomic E-state index is 0.168. The predicted molar refractivity (Wildman–Crippen MR) is 119 cm³/mol. The van der Waals surface area contributed by atoms with E-state index >= 15 is 0 Å². The lowest BCUT2D eigenvalue weighted by molar-refractivity contribution is -0.137. The molecule has 174 valence electrons. The number of aromatic amines is 1. The van der Waals surface area contributed by atoms with Crippen LogP contribution in [0.5, 0.6) is 0 Å². The number of rotatable bonds is 5. The molecule has 3 heterocycles. The van der Waals surface area contributed by atoms with Crippen molar-refractivity contribution in [2.75, 3.05) is 5.32 Å². The molecule has 0 bridgehead atoms. The number of pyridine rings is 1. The Labute approximate surface area is 191 Å². The van der Waals surface area contributed by atoms with Crippen LogP contribution < -0.4 is 10.9 Å². The monoisotopic (exact) mass is 468 g/mol. The van der Waals surface area contributed by atoms with E-state index in [2.05, 4.69) is 25.6 Å². The summed E-state index contributed by atoms with van der Waals surface area (Å²) in [6.45, 7) is 3.69. The fourth-order valence-corrected chi connectivity index (χ4v) is 3.41. The molecule has 4 aromatic rings. The number of benzene rings is 1. The number of anilines is 1. The number of H-pyrrole nitrogens is 1. The van der Waals surface area contributed by atoms with Gasteiger partial charge in [-0.3, -0.25) is 9.59 Å². The van der Waals surface area contributed by atoms with Gasteiger partial charge in [0.25, 0.3) is 11.5 Å². The first kappa shape index (κ1) is 22.9. The van der Waals surface area contributed by atoms with Gasteiger partial charge in [0, 0.05) is 23.5 Å². The number of alkyl halides is 3. The Morgan fingerprint density at radius 3 is 2.50 bits per heavy atom. The summed E-state index contributed by atoms with van der Waals surface area (Å²) in [5.41, 5.74) is 1.28. The van der Waals surface area contributed by atoms with Crippen LogP contribution in [0, 0.1) is 0 Å². The minimum Gasteiger partial charge on any atom is -0.322 e. The van der Waals surface area contributed by atoms with Crippen LogP contribution in [0.15, 0.2) is 65.7 Å². The van der Waals surface area contributed by atoms with E-state index in [1.165, 1.54) is 23.0 Å². The molecule has 34 heavy (non-hydrogen) atoms. The zero-order valence-electron chi connectivity index (χ0n) is 18.1. The molecule has 0 spiro atoms. The zero-order valence-corrected chi connectivity index (χ0v) is 18.1. The molecule has 3 aromatic heterocycles. The summed E-state index contributed by atoms with van der Waals surface area (Å²) >= 11 is 0. The summed E-state index contributed by atoms with van der Waals surface area (Å²) in [7, 11) is 0. The molecule has 11 heteroatoms. The van der Waals surface area contributed by atoms with Crippen LogP contribution in [0.4, 0.5) is 18.9 Å². The first-order valence-electron chi connectivity index (χ1n) is 10.2. The molecule has 0 saturated carbocycles. The molecule has 1 amide bonds. The number of carbonyl (C=O) groups is 1. The largest absolute Gasteiger partial charge is 0.417 e. The summed E-state index contributed by atoms with van der Waals surface area (Å²) in [4.78, 5) is 28.2. The topological polar surface area (TPSA) is 106 Å². The second-order valence-corrected chi connectivity index (χ2v) is 7.75. The highest BCUT2D eigenvalue weighted by atomic mass is 19.4. The third-order valence-electron chi connectivity index (χ3n) is 4.99. The Bertz CT molecular complexity index is 1370. The van der Waals surface area contributed by atoms with E-state index in [4.69, 9.17) is 0 Å². The SMILES string of the molecule is CC(C)c1c(C(=O)Nc2cccc(-c3ccc(=O)[nH]n3)c2)cnn1-c1ccc(C(F)(F)F)cn1. The molecule has 0 aliphatic carbocycles. The van der Waals surface area contributed by atoms with Gasteiger partial charge in [-0.05, 0) is 36.2 Å². The van der Waals surface area contributed by atoms with Gasteiger partial charge < -0.3 is 5.32 Å². The maximum absolute atomic E-state index is 13.1. The van der Waals surface area contributed by atoms with Crippen LogP contribution in [0.3, 0.4) is 0 Å². The number of hydrogen-bond donors (Lipinski definition) is 2. The number of nitrogens with one attached hydrogen (secondary N) is 2. The van der Waals surface area contributed by atoms with E-state index in [-0.39, 0.29) is 22.9 Å². The van der Waals surface area contributed by atoms with E-state index in [9.17, 15) is 22.8 Å². The number of amides is 1. The van der Waals surface area contributed by atoms with Crippen LogP contribution in [0.2, 0.25) is 0 Å². The lowest BCUT2D eigenvalue weighted by Gasteiger charge is -2.13. The van der Waals surface area contributed by atoms with E-state index < -0.39 is 17.6 Å². The fraction of sp³-hybridized carbons (Fsp3) is 0.174. The van der Waals surface area contributed by atoms with E-state index in [1.807, 2.05) is 13.8 Å². The molecule has 0 unspecified atom stereocenters. The van der Waals surface area contributed by atoms with Crippen molar-refractivity contribution in [3.8, 4) is 17.1 Å². The van der Waals surface area contributed by atoms with Crippen molar-refractivity contribution in [1.82, 2.24) is 25.0 Å². The maximum Gasteiger partial charge on any atom is 0.417 e. The van der Waals surface area contributed by atoms with Crippen LogP contribution in [0.1, 0.15) is 41.4 Å². The lowest BCUT2D eigenvalue weighted by atomic mass is 10.0. The average molecular weight is 468 g/mol. The zero-order chi connectivity index (χ0) is 24.5. The van der Waals surface area contributed by atoms with E-state index in [0.717, 1.165) is 12.3 Å². The molecule has 1 aromatic carbocycles. The molecule has 0 aliphatic heterocycles. The van der Waals surface area contributed by atoms with Crippen LogP contribution in [0.25, 0.3) is 17.1 Å². The predicted octanol–water partition coefficient (Wildman–Crippen LogP) is 4.41. The summed E-state index contributed by atoms with van der Waals surface area (Å²) in [5.74, 6) is -0.445. The second kappa shape index (κ2) is 8.93. The quantitative estimate of drug-likeness (QED) is 0.451. The molecule has 8 nitrogen and oxygen atoms in total. The van der Waals surface area contributed by atoms with Gasteiger partial charge in [-0.25, -0.2) is 14.8 Å². The van der Waals surface area contributed by atoms with Crippen molar-refractivity contribution in [3.05, 3.63) is 88.1 Å². The highest BCUT2D eigenvalue weighted by Crippen LogP contribution is 2.30. The average Bonchev–Trinajstić information content (AvgIpc) is 3.25. The van der Waals surface area contributed by atoms with E-state index in [0.29, 0.717) is 22.6 Å². The smallest absolute Gasteiger partial charge is 0.322 e. The van der Waals surface area contributed by atoms with Crippen LogP contribution >= 0.6 is 0 Å². The third kappa shape index (κ3) is 4.72. The normalized spacial score (nSPS) is 11.6. The number of nitrogens with zero attached hydrogens (tertiary/aromatic N) is 4. The molecule has 0 atom stereocenters. The first-order chi connectivity index (χ1) is 16.1. The van der Waals surface area contributed by atoms with Gasteiger partial charge in [0.05, 0.1) is 28.7 Å². The molecule has 0 aliphatic rings. The molecule has 0 fully saturated rings. The van der Waals surface area contributed by atoms with Gasteiger partial charge in [0.2, 0.25) is 0 Å². The van der Waals surface area contributed by atoms with Crippen molar-refractivity contribution < 1.29 is 18.0 Å². The standard InChI is InChI=1S/C23H19F3N6O2/c1-13(2)21-17(12-28-32(21)19-8-6-15(11-27-19)23(24,25)26)22(34)29-16-5-3-4-14(10-16)18-7-9-20(33)31-30-18/h3-13H,1-2H3,(H,29,34)(H,31,33). The van der Waals surface area contributed by atoms with Crippen LogP contribution in [-0.2, 0) is 6.18 Å². The first-order valence-corrected chi connectivity index (χ1v) is 10.2. The Morgan fingerprint density at radius 2 is 1.88 bits per heavy atom. The highest BCUT2D eigenvalue weighted by molar-refractivity contribution is 6.05. The summed E-state index contributed by atoms with van der Waals surface area (Å²) < 4.78 is 40.0. The molecule has 0 radical (unpaired) electrons. The Hall–Kier alpha value is -4.28. The molecule has 4 rings (SSSR count). The summed E-state index contributed by atoms with van der Waals surface area (Å²) in [6.07, 6.45) is -2.41. The van der Waals surface area contributed by atoms with Gasteiger partial charge in [-0.2, -0.15) is 23.4 Å². The number of halogens is 3. The Kier molecular flexibility index (Phi) is 6.01. The highest BCUT2D eigenvalue weighted by Gasteiger charge is 2.31. The Balaban J connectivity index is 1.62. The second-order valence-electron chi connectivity index (χ2n) is 7.75. The molecule has 0 saturated heterocycles.